The molecule has 4 aliphatic rings. The Kier molecular flexibility index (Phi) is 8.69. The van der Waals surface area contributed by atoms with E-state index >= 15 is 0 Å². The number of nitrogens with one attached hydrogen (secondary N) is 1. The molecule has 9 nitrogen and oxygen atoms in total. The largest absolute Gasteiger partial charge is 0.456 e. The number of aliphatic hydroxyl groups is 4. The molecule has 0 aromatic heterocycles. The average molecular weight is 737 g/mol. The van der Waals surface area contributed by atoms with E-state index in [1.165, 1.54) is 0 Å². The van der Waals surface area contributed by atoms with Crippen LogP contribution in [0.1, 0.15) is 61.3 Å². The predicted octanol–water partition coefficient (Wildman–Crippen LogP) is 0.716. The molecule has 5 N–H and O–H groups in total. The molecule has 37 heavy (non-hydrogen) atoms. The summed E-state index contributed by atoms with van der Waals surface area (Å²) in [4.78, 5) is 27.0. The van der Waals surface area contributed by atoms with Crippen molar-refractivity contribution in [1.82, 2.24) is 5.32 Å². The topological polar surface area (TPSA) is 146 Å². The number of aliphatic hydroxyl groups excluding tert-OH is 2. The Morgan fingerprint density at radius 1 is 1.22 bits per heavy atom. The van der Waals surface area contributed by atoms with Crippen LogP contribution in [0.2, 0.25) is 0 Å². The van der Waals surface area contributed by atoms with Gasteiger partial charge in [0.15, 0.2) is 11.9 Å². The number of carbonyl (C=O) groups excluding carboxylic acids is 2. The number of likely N-dealkylation sites (N-methyl/N-ethyl adjacent to an activating group) is 1. The van der Waals surface area contributed by atoms with Crippen LogP contribution in [0.5, 0.6) is 0 Å². The normalized spacial score (nSPS) is 46.2. The van der Waals surface area contributed by atoms with Crippen LogP contribution in [0.15, 0.2) is 11.1 Å². The summed E-state index contributed by atoms with van der Waals surface area (Å²) in [5.74, 6) is -2.75. The smallest absolute Gasteiger partial charge is 0.337 e. The molecule has 0 aromatic carbocycles. The summed E-state index contributed by atoms with van der Waals surface area (Å²) in [6.45, 7) is 12.6. The summed E-state index contributed by atoms with van der Waals surface area (Å²) < 4.78 is 11.4. The molecule has 10 heteroatoms. The molecule has 3 aliphatic carbocycles. The molecular formula is C27H43AcNO8. The van der Waals surface area contributed by atoms with Gasteiger partial charge in [-0.1, -0.05) is 34.6 Å². The van der Waals surface area contributed by atoms with Gasteiger partial charge in [0.2, 0.25) is 0 Å². The van der Waals surface area contributed by atoms with Crippen molar-refractivity contribution in [3.05, 3.63) is 11.1 Å². The van der Waals surface area contributed by atoms with Crippen LogP contribution in [0.25, 0.3) is 0 Å². The van der Waals surface area contributed by atoms with Crippen LogP contribution in [0.4, 0.5) is 0 Å². The second kappa shape index (κ2) is 10.2. The van der Waals surface area contributed by atoms with E-state index in [1.54, 1.807) is 41.7 Å². The first-order valence-electron chi connectivity index (χ1n) is 13.1. The SMILES string of the molecule is CNC(C)C(O)C(=O)OC1CC2(O)[C@@H](C)C3[C@]4(O)COC4C[C@H](C)[C@@]3(C)C(=O)C(O)C(=C1C)C2(C)C.[Ac]. The van der Waals surface area contributed by atoms with Crippen molar-refractivity contribution < 1.29 is 83.6 Å². The molecule has 1 radical (unpaired) electrons. The number of hydrogen-bond acceptors (Lipinski definition) is 9. The molecule has 0 amide bonds. The van der Waals surface area contributed by atoms with Crippen molar-refractivity contribution in [2.45, 2.75) is 103 Å². The minimum absolute atomic E-state index is 0. The Morgan fingerprint density at radius 3 is 2.32 bits per heavy atom. The molecular weight excluding hydrogens is 693 g/mol. The molecule has 1 aliphatic heterocycles. The van der Waals surface area contributed by atoms with Gasteiger partial charge in [0, 0.05) is 73.3 Å². The number of Topliss-reactive ketones (excluding diaryl/α,β-unsaturated/α-hetero) is 1. The van der Waals surface area contributed by atoms with E-state index in [4.69, 9.17) is 9.47 Å². The molecule has 0 spiro atoms. The van der Waals surface area contributed by atoms with Crippen molar-refractivity contribution in [2.24, 2.45) is 28.6 Å². The Bertz CT molecular complexity index is 985. The van der Waals surface area contributed by atoms with E-state index in [2.05, 4.69) is 5.32 Å². The summed E-state index contributed by atoms with van der Waals surface area (Å²) in [6, 6.07) is -0.556. The van der Waals surface area contributed by atoms with Gasteiger partial charge in [0.05, 0.1) is 18.3 Å². The van der Waals surface area contributed by atoms with E-state index < -0.39 is 76.1 Å². The van der Waals surface area contributed by atoms with Gasteiger partial charge in [0.1, 0.15) is 17.8 Å². The summed E-state index contributed by atoms with van der Waals surface area (Å²) >= 11 is 0. The van der Waals surface area contributed by atoms with Crippen LogP contribution in [0.3, 0.4) is 0 Å². The maximum absolute atomic E-state index is 14.2. The molecule has 2 bridgehead atoms. The van der Waals surface area contributed by atoms with Gasteiger partial charge in [-0.15, -0.1) is 0 Å². The fourth-order valence-electron chi connectivity index (χ4n) is 7.98. The molecule has 207 valence electrons. The molecule has 2 saturated carbocycles. The number of rotatable bonds is 4. The Labute approximate surface area is 255 Å². The Morgan fingerprint density at radius 2 is 1.81 bits per heavy atom. The van der Waals surface area contributed by atoms with Gasteiger partial charge >= 0.3 is 5.97 Å². The zero-order valence-electron chi connectivity index (χ0n) is 23.2. The molecule has 3 fully saturated rings. The summed E-state index contributed by atoms with van der Waals surface area (Å²) in [5, 5.41) is 49.1. The Hall–Kier alpha value is 0.0816. The number of esters is 1. The van der Waals surface area contributed by atoms with Gasteiger partial charge in [-0.3, -0.25) is 4.79 Å². The van der Waals surface area contributed by atoms with Crippen LogP contribution >= 0.6 is 0 Å². The molecule has 1 heterocycles. The first kappa shape index (κ1) is 31.6. The fraction of sp³-hybridized carbons (Fsp3) is 0.852. The first-order chi connectivity index (χ1) is 16.5. The number of ether oxygens (including phenoxy) is 2. The second-order valence-corrected chi connectivity index (χ2v) is 12.5. The average Bonchev–Trinajstić information content (AvgIpc) is 2.81. The van der Waals surface area contributed by atoms with E-state index in [0.717, 1.165) is 0 Å². The van der Waals surface area contributed by atoms with Gasteiger partial charge in [-0.05, 0) is 50.3 Å². The second-order valence-electron chi connectivity index (χ2n) is 12.5. The summed E-state index contributed by atoms with van der Waals surface area (Å²) in [5.41, 5.74) is -4.19. The van der Waals surface area contributed by atoms with Crippen LogP contribution in [-0.4, -0.2) is 87.5 Å². The predicted molar refractivity (Wildman–Crippen MR) is 131 cm³/mol. The maximum atomic E-state index is 14.2. The zero-order valence-corrected chi connectivity index (χ0v) is 28.0. The van der Waals surface area contributed by atoms with Gasteiger partial charge in [0.25, 0.3) is 0 Å². The van der Waals surface area contributed by atoms with Gasteiger partial charge < -0.3 is 35.2 Å². The third kappa shape index (κ3) is 4.18. The first-order valence-corrected chi connectivity index (χ1v) is 13.1. The standard InChI is InChI=1S/C27H43NO8.Ac/c1-12-9-17-26(33,11-35-17)21-14(3)27(34)10-16(36-23(32)19(29)15(4)28-8)13(2)18(24(27,5)6)20(30)22(31)25(12,21)7;/h12,14-17,19-21,28-30,33-34H,9-11H2,1-8H3;/t12-,14-,15?,16?,17?,19?,20?,21?,25+,26-,27?;/m0./s1. The van der Waals surface area contributed by atoms with Crippen molar-refractivity contribution in [3.8, 4) is 0 Å². The minimum Gasteiger partial charge on any atom is -0.456 e. The third-order valence-corrected chi connectivity index (χ3v) is 10.7. The molecule has 7 unspecified atom stereocenters. The fourth-order valence-corrected chi connectivity index (χ4v) is 7.98. The van der Waals surface area contributed by atoms with E-state index in [9.17, 15) is 30.0 Å². The number of carbonyl (C=O) groups is 2. The van der Waals surface area contributed by atoms with Gasteiger partial charge in [-0.2, -0.15) is 0 Å². The van der Waals surface area contributed by atoms with E-state index in [-0.39, 0.29) is 63.0 Å². The van der Waals surface area contributed by atoms with Crippen molar-refractivity contribution in [2.75, 3.05) is 13.7 Å². The van der Waals surface area contributed by atoms with Crippen molar-refractivity contribution in [1.29, 1.82) is 0 Å². The van der Waals surface area contributed by atoms with Crippen LogP contribution in [0, 0.1) is 72.6 Å². The number of ketones is 1. The molecule has 4 rings (SSSR count). The number of hydrogen-bond donors (Lipinski definition) is 5. The summed E-state index contributed by atoms with van der Waals surface area (Å²) in [6.07, 6.45) is -3.89. The zero-order chi connectivity index (χ0) is 27.2. The third-order valence-electron chi connectivity index (χ3n) is 10.7. The van der Waals surface area contributed by atoms with Crippen molar-refractivity contribution in [3.63, 3.8) is 0 Å². The minimum atomic E-state index is -1.55. The molecule has 1 saturated heterocycles. The number of fused-ring (bicyclic) bond motifs is 5. The Balaban J connectivity index is 0.00000380. The monoisotopic (exact) mass is 736 g/mol. The maximum Gasteiger partial charge on any atom is 0.337 e. The van der Waals surface area contributed by atoms with Gasteiger partial charge in [-0.25, -0.2) is 4.79 Å². The van der Waals surface area contributed by atoms with Crippen molar-refractivity contribution >= 4 is 11.8 Å². The van der Waals surface area contributed by atoms with Crippen LogP contribution in [-0.2, 0) is 19.1 Å². The molecule has 0 aromatic rings. The quantitative estimate of drug-likeness (QED) is 0.208. The van der Waals surface area contributed by atoms with E-state index in [1.807, 2.05) is 13.8 Å². The van der Waals surface area contributed by atoms with E-state index in [0.29, 0.717) is 17.6 Å². The van der Waals surface area contributed by atoms with Crippen LogP contribution < -0.4 is 5.32 Å². The summed E-state index contributed by atoms with van der Waals surface area (Å²) in [7, 11) is 1.62. The molecule has 11 atom stereocenters.